The normalized spacial score (nSPS) is 27.9. The lowest BCUT2D eigenvalue weighted by Gasteiger charge is -2.22. The molecule has 2 fully saturated rings. The fourth-order valence-corrected chi connectivity index (χ4v) is 3.26. The van der Waals surface area contributed by atoms with E-state index in [9.17, 15) is 13.2 Å². The average molecular weight is 316 g/mol. The lowest BCUT2D eigenvalue weighted by molar-refractivity contribution is -0.137. The minimum Gasteiger partial charge on any atom is -0.389 e. The van der Waals surface area contributed by atoms with E-state index in [1.807, 2.05) is 0 Å². The van der Waals surface area contributed by atoms with E-state index in [2.05, 4.69) is 5.32 Å². The van der Waals surface area contributed by atoms with Gasteiger partial charge in [0, 0.05) is 11.3 Å². The molecule has 0 spiro atoms. The third-order valence-corrected chi connectivity index (χ3v) is 4.27. The summed E-state index contributed by atoms with van der Waals surface area (Å²) in [6.07, 6.45) is -1.11. The van der Waals surface area contributed by atoms with Crippen molar-refractivity contribution in [3.05, 3.63) is 29.3 Å². The number of fused-ring (bicyclic) bond motifs is 2. The van der Waals surface area contributed by atoms with E-state index in [-0.39, 0.29) is 28.8 Å². The van der Waals surface area contributed by atoms with Gasteiger partial charge in [-0.05, 0) is 37.5 Å². The third kappa shape index (κ3) is 2.85. The summed E-state index contributed by atoms with van der Waals surface area (Å²) in [6, 6.07) is 3.94. The van der Waals surface area contributed by atoms with Crippen LogP contribution in [-0.2, 0) is 10.9 Å². The van der Waals surface area contributed by atoms with Crippen molar-refractivity contribution >= 4 is 22.9 Å². The number of nitrogens with two attached hydrogens (primary N) is 1. The molecule has 0 saturated carbocycles. The first-order valence-electron chi connectivity index (χ1n) is 6.77. The number of nitrogens with one attached hydrogen (secondary N) is 1. The Labute approximate surface area is 125 Å². The molecule has 0 amide bonds. The van der Waals surface area contributed by atoms with Crippen molar-refractivity contribution in [2.45, 2.75) is 43.7 Å². The van der Waals surface area contributed by atoms with Crippen LogP contribution >= 0.6 is 12.2 Å². The van der Waals surface area contributed by atoms with Gasteiger partial charge in [-0.15, -0.1) is 0 Å². The Morgan fingerprint density at radius 1 is 1.33 bits per heavy atom. The van der Waals surface area contributed by atoms with Crippen LogP contribution in [0, 0.1) is 0 Å². The van der Waals surface area contributed by atoms with Gasteiger partial charge in [0.25, 0.3) is 0 Å². The van der Waals surface area contributed by atoms with Gasteiger partial charge >= 0.3 is 6.18 Å². The van der Waals surface area contributed by atoms with Gasteiger partial charge in [0.2, 0.25) is 0 Å². The molecule has 3 N–H and O–H groups in total. The molecular weight excluding hydrogens is 301 g/mol. The second-order valence-electron chi connectivity index (χ2n) is 5.48. The second kappa shape index (κ2) is 5.14. The highest BCUT2D eigenvalue weighted by Gasteiger charge is 2.41. The number of anilines is 1. The summed E-state index contributed by atoms with van der Waals surface area (Å²) >= 11 is 4.74. The highest BCUT2D eigenvalue weighted by atomic mass is 32.1. The molecule has 2 bridgehead atoms. The number of rotatable bonds is 3. The van der Waals surface area contributed by atoms with Crippen molar-refractivity contribution in [1.29, 1.82) is 0 Å². The zero-order chi connectivity index (χ0) is 15.2. The maximum absolute atomic E-state index is 12.9. The van der Waals surface area contributed by atoms with Crippen molar-refractivity contribution in [3.63, 3.8) is 0 Å². The lowest BCUT2D eigenvalue weighted by Crippen LogP contribution is -2.30. The van der Waals surface area contributed by atoms with Crippen molar-refractivity contribution in [3.8, 4) is 0 Å². The molecule has 21 heavy (non-hydrogen) atoms. The fraction of sp³-hybridized carbons (Fsp3) is 0.500. The molecule has 2 aliphatic heterocycles. The molecule has 0 aliphatic carbocycles. The molecule has 1 aromatic carbocycles. The quantitative estimate of drug-likeness (QED) is 0.842. The zero-order valence-electron chi connectivity index (χ0n) is 11.1. The molecule has 2 saturated heterocycles. The number of hydrogen-bond acceptors (Lipinski definition) is 3. The van der Waals surface area contributed by atoms with Gasteiger partial charge in [-0.1, -0.05) is 12.2 Å². The first kappa shape index (κ1) is 14.6. The van der Waals surface area contributed by atoms with Gasteiger partial charge in [-0.2, -0.15) is 13.2 Å². The summed E-state index contributed by atoms with van der Waals surface area (Å²) in [5.74, 6) is 0. The van der Waals surface area contributed by atoms with E-state index in [1.54, 1.807) is 0 Å². The fourth-order valence-electron chi connectivity index (χ4n) is 3.09. The number of ether oxygens (including phenoxy) is 1. The maximum Gasteiger partial charge on any atom is 0.417 e. The average Bonchev–Trinajstić information content (AvgIpc) is 2.99. The van der Waals surface area contributed by atoms with Crippen LogP contribution in [-0.4, -0.2) is 23.2 Å². The molecule has 2 aliphatic rings. The van der Waals surface area contributed by atoms with Crippen LogP contribution in [0.4, 0.5) is 18.9 Å². The largest absolute Gasteiger partial charge is 0.417 e. The smallest absolute Gasteiger partial charge is 0.389 e. The second-order valence-corrected chi connectivity index (χ2v) is 5.92. The number of alkyl halides is 3. The number of thiocarbonyl (C=S) groups is 1. The Bertz CT molecular complexity index is 576. The van der Waals surface area contributed by atoms with E-state index < -0.39 is 11.7 Å². The Hall–Kier alpha value is -1.34. The Morgan fingerprint density at radius 3 is 2.62 bits per heavy atom. The maximum atomic E-state index is 12.9. The third-order valence-electron chi connectivity index (χ3n) is 4.05. The molecule has 3 nitrogen and oxygen atoms in total. The number of hydrogen-bond donors (Lipinski definition) is 2. The zero-order valence-corrected chi connectivity index (χ0v) is 11.9. The van der Waals surface area contributed by atoms with Crippen LogP contribution < -0.4 is 11.1 Å². The van der Waals surface area contributed by atoms with Crippen LogP contribution in [0.3, 0.4) is 0 Å². The van der Waals surface area contributed by atoms with Crippen LogP contribution in [0.5, 0.6) is 0 Å². The first-order valence-corrected chi connectivity index (χ1v) is 7.18. The first-order chi connectivity index (χ1) is 9.84. The molecule has 3 atom stereocenters. The van der Waals surface area contributed by atoms with Crippen LogP contribution in [0.25, 0.3) is 0 Å². The summed E-state index contributed by atoms with van der Waals surface area (Å²) in [5.41, 5.74) is 5.07. The van der Waals surface area contributed by atoms with E-state index in [0.717, 1.165) is 25.3 Å². The number of benzene rings is 1. The summed E-state index contributed by atoms with van der Waals surface area (Å²) in [4.78, 5) is -0.254. The molecule has 114 valence electrons. The van der Waals surface area contributed by atoms with Gasteiger partial charge in [-0.3, -0.25) is 0 Å². The number of halogens is 3. The van der Waals surface area contributed by atoms with E-state index in [1.165, 1.54) is 12.1 Å². The Balaban J connectivity index is 1.84. The van der Waals surface area contributed by atoms with Gasteiger partial charge in [-0.25, -0.2) is 0 Å². The minimum absolute atomic E-state index is 0.139. The van der Waals surface area contributed by atoms with E-state index >= 15 is 0 Å². The topological polar surface area (TPSA) is 47.3 Å². The molecule has 2 heterocycles. The molecule has 0 radical (unpaired) electrons. The van der Waals surface area contributed by atoms with E-state index in [4.69, 9.17) is 22.7 Å². The van der Waals surface area contributed by atoms with Gasteiger partial charge < -0.3 is 15.8 Å². The molecule has 1 aromatic rings. The Morgan fingerprint density at radius 2 is 2.10 bits per heavy atom. The van der Waals surface area contributed by atoms with Crippen LogP contribution in [0.1, 0.15) is 30.4 Å². The highest BCUT2D eigenvalue weighted by molar-refractivity contribution is 7.80. The van der Waals surface area contributed by atoms with Crippen molar-refractivity contribution in [2.24, 2.45) is 5.73 Å². The van der Waals surface area contributed by atoms with Crippen molar-refractivity contribution < 1.29 is 17.9 Å². The molecule has 0 aromatic heterocycles. The minimum atomic E-state index is -4.47. The standard InChI is InChI=1S/C14H15F3N2OS/c15-14(16,17)10-3-1-7(5-9(10)13(18)21)19-11-6-8-2-4-12(11)20-8/h1,3,5,8,11-12,19H,2,4,6H2,(H2,18,21). The summed E-state index contributed by atoms with van der Waals surface area (Å²) in [5, 5.41) is 3.24. The predicted octanol–water partition coefficient (Wildman–Crippen LogP) is 3.07. The summed E-state index contributed by atoms with van der Waals surface area (Å²) < 4.78 is 44.5. The summed E-state index contributed by atoms with van der Waals surface area (Å²) in [7, 11) is 0. The molecule has 3 rings (SSSR count). The predicted molar refractivity (Wildman–Crippen MR) is 77.3 cm³/mol. The van der Waals surface area contributed by atoms with Crippen LogP contribution in [0.15, 0.2) is 18.2 Å². The lowest BCUT2D eigenvalue weighted by atomic mass is 9.95. The van der Waals surface area contributed by atoms with Crippen molar-refractivity contribution in [2.75, 3.05) is 5.32 Å². The highest BCUT2D eigenvalue weighted by Crippen LogP contribution is 2.37. The SMILES string of the molecule is NC(=S)c1cc(NC2CC3CCC2O3)ccc1C(F)(F)F. The molecule has 3 unspecified atom stereocenters. The summed E-state index contributed by atoms with van der Waals surface area (Å²) in [6.45, 7) is 0. The molecule has 7 heteroatoms. The monoisotopic (exact) mass is 316 g/mol. The van der Waals surface area contributed by atoms with E-state index in [0.29, 0.717) is 5.69 Å². The Kier molecular flexibility index (Phi) is 3.57. The van der Waals surface area contributed by atoms with Gasteiger partial charge in [0.1, 0.15) is 4.99 Å². The molecular formula is C14H15F3N2OS. The van der Waals surface area contributed by atoms with Crippen LogP contribution in [0.2, 0.25) is 0 Å². The van der Waals surface area contributed by atoms with Gasteiger partial charge in [0.05, 0.1) is 23.8 Å². The van der Waals surface area contributed by atoms with Gasteiger partial charge in [0.15, 0.2) is 0 Å². The van der Waals surface area contributed by atoms with Crippen molar-refractivity contribution in [1.82, 2.24) is 0 Å².